The highest BCUT2D eigenvalue weighted by Crippen LogP contribution is 2.70. The Balaban J connectivity index is 1.08. The van der Waals surface area contributed by atoms with Gasteiger partial charge >= 0.3 is 19.2 Å². The first kappa shape index (κ1) is 42.9. The van der Waals surface area contributed by atoms with Gasteiger partial charge in [0.1, 0.15) is 53.5 Å². The summed E-state index contributed by atoms with van der Waals surface area (Å²) < 4.78 is 67.2. The standard InChI is InChI=1S/C44H47N4O14P/c1-24-20-47(41(52)45-38(24)50)34-19-32(49)33(59-34)22-58-63(54)61-36-26(3)35-37(62-63)43(36,60-40(35)48-21-25(2)39(51)46-42(48)53)23-57-44(27-9-7-6-8-10-27,28-11-15-30(55-4)16-12-28)29-13-17-31(56-5)18-14-29/h6-18,20-21,26,32-37,40,49H,19,22-23H2,1-5H3,(H,45,50,52)(H,46,51,53)/t26-,32-,33+,34+,35-,36+,37-,40+,43-,63+/m0/s1. The molecule has 0 unspecified atom stereocenters. The number of hydrogen-bond donors (Lipinski definition) is 3. The summed E-state index contributed by atoms with van der Waals surface area (Å²) in [7, 11) is -1.33. The van der Waals surface area contributed by atoms with Crippen LogP contribution < -0.4 is 32.0 Å². The number of nitrogens with zero attached hydrogens (tertiary/aromatic N) is 2. The van der Waals surface area contributed by atoms with Crippen molar-refractivity contribution in [3.63, 3.8) is 0 Å². The minimum atomic E-state index is -4.49. The average molecular weight is 887 g/mol. The molecule has 0 amide bonds. The van der Waals surface area contributed by atoms with Gasteiger partial charge in [0.2, 0.25) is 0 Å². The van der Waals surface area contributed by atoms with Gasteiger partial charge in [0.25, 0.3) is 11.1 Å². The number of ether oxygens (including phenoxy) is 5. The molecule has 5 heterocycles. The Bertz CT molecular complexity index is 2740. The minimum absolute atomic E-state index is 0.0232. The minimum Gasteiger partial charge on any atom is -0.497 e. The number of nitrogens with one attached hydrogen (secondary N) is 2. The second-order valence-corrected chi connectivity index (χ2v) is 18.0. The first-order valence-electron chi connectivity index (χ1n) is 20.5. The predicted octanol–water partition coefficient (Wildman–Crippen LogP) is 3.82. The molecule has 5 aromatic rings. The lowest BCUT2D eigenvalue weighted by atomic mass is 9.79. The highest BCUT2D eigenvalue weighted by atomic mass is 31.2. The van der Waals surface area contributed by atoms with E-state index in [1.54, 1.807) is 21.1 Å². The normalized spacial score (nSPS) is 29.8. The number of aliphatic hydroxyl groups excluding tert-OH is 1. The molecule has 3 N–H and O–H groups in total. The maximum atomic E-state index is 14.7. The van der Waals surface area contributed by atoms with E-state index in [1.807, 2.05) is 85.8 Å². The fourth-order valence-electron chi connectivity index (χ4n) is 9.48. The predicted molar refractivity (Wildman–Crippen MR) is 224 cm³/mol. The zero-order chi connectivity index (χ0) is 44.4. The van der Waals surface area contributed by atoms with Crippen LogP contribution in [0.5, 0.6) is 11.5 Å². The van der Waals surface area contributed by atoms with E-state index in [1.165, 1.54) is 28.5 Å². The van der Waals surface area contributed by atoms with Crippen molar-refractivity contribution in [3.8, 4) is 11.5 Å². The van der Waals surface area contributed by atoms with E-state index < -0.39 is 96.8 Å². The Hall–Kier alpha value is -5.43. The molecular weight excluding hydrogens is 839 g/mol. The third-order valence-corrected chi connectivity index (χ3v) is 14.2. The molecule has 3 aromatic carbocycles. The van der Waals surface area contributed by atoms with E-state index in [0.717, 1.165) is 16.7 Å². The molecule has 18 nitrogen and oxygen atoms in total. The van der Waals surface area contributed by atoms with E-state index in [9.17, 15) is 28.8 Å². The van der Waals surface area contributed by atoms with Gasteiger partial charge in [0.15, 0.2) is 0 Å². The van der Waals surface area contributed by atoms with Crippen LogP contribution in [0.2, 0.25) is 0 Å². The first-order chi connectivity index (χ1) is 30.2. The van der Waals surface area contributed by atoms with Crippen molar-refractivity contribution in [2.24, 2.45) is 11.8 Å². The topological polar surface area (TPSA) is 221 Å². The lowest BCUT2D eigenvalue weighted by molar-refractivity contribution is -0.231. The fraction of sp³-hybridized carbons (Fsp3) is 0.409. The molecule has 4 bridgehead atoms. The monoisotopic (exact) mass is 886 g/mol. The van der Waals surface area contributed by atoms with Gasteiger partial charge in [-0.05, 0) is 60.7 Å². The molecule has 19 heteroatoms. The molecule has 10 atom stereocenters. The molecule has 332 valence electrons. The Kier molecular flexibility index (Phi) is 11.1. The number of rotatable bonds is 13. The van der Waals surface area contributed by atoms with E-state index in [2.05, 4.69) is 9.97 Å². The SMILES string of the molecule is COc1ccc(C(OC[C@]23O[C@@H](n4cc(C)c(=O)[nH]c4=O)[C@H]4[C@H](C)[C@H]2O[P@@](=O)(OC[C@H]2O[C@@H](n5cc(C)c(=O)[nH]c5=O)C[C@@H]2O)O[C@@H]43)(c2ccccc2)c2ccc(OC)cc2)cc1. The van der Waals surface area contributed by atoms with Crippen LogP contribution in [-0.4, -0.2) is 81.7 Å². The third kappa shape index (κ3) is 7.24. The van der Waals surface area contributed by atoms with Gasteiger partial charge in [0.05, 0.1) is 33.5 Å². The van der Waals surface area contributed by atoms with Crippen LogP contribution in [-0.2, 0) is 37.9 Å². The summed E-state index contributed by atoms with van der Waals surface area (Å²) in [5.41, 5.74) is -2.61. The van der Waals surface area contributed by atoms with Crippen LogP contribution in [0.3, 0.4) is 0 Å². The summed E-state index contributed by atoms with van der Waals surface area (Å²) in [6.45, 7) is 4.29. The van der Waals surface area contributed by atoms with Crippen LogP contribution in [0.15, 0.2) is 110 Å². The number of H-pyrrole nitrogens is 2. The summed E-state index contributed by atoms with van der Waals surface area (Å²) in [5, 5.41) is 11.0. The lowest BCUT2D eigenvalue weighted by Crippen LogP contribution is -2.57. The number of methoxy groups -OCH3 is 2. The van der Waals surface area contributed by atoms with E-state index in [4.69, 9.17) is 37.3 Å². The van der Waals surface area contributed by atoms with Gasteiger partial charge < -0.3 is 28.8 Å². The maximum Gasteiger partial charge on any atom is 0.475 e. The quantitative estimate of drug-likeness (QED) is 0.113. The highest BCUT2D eigenvalue weighted by molar-refractivity contribution is 7.48. The molecule has 3 aliphatic heterocycles. The second-order valence-electron chi connectivity index (χ2n) is 16.4. The van der Waals surface area contributed by atoms with Crippen molar-refractivity contribution in [2.45, 2.75) is 75.3 Å². The van der Waals surface area contributed by atoms with Crippen LogP contribution in [0.1, 0.15) is 53.6 Å². The Morgan fingerprint density at radius 3 is 1.92 bits per heavy atom. The number of aryl methyl sites for hydroxylation is 2. The van der Waals surface area contributed by atoms with Gasteiger partial charge in [-0.3, -0.25) is 42.3 Å². The Morgan fingerprint density at radius 1 is 0.794 bits per heavy atom. The maximum absolute atomic E-state index is 14.7. The van der Waals surface area contributed by atoms with Gasteiger partial charge in [0, 0.05) is 35.9 Å². The molecular formula is C44H47N4O14P. The van der Waals surface area contributed by atoms with E-state index in [0.29, 0.717) is 11.5 Å². The molecule has 3 saturated heterocycles. The zero-order valence-corrected chi connectivity index (χ0v) is 35.9. The average Bonchev–Trinajstić information content (AvgIpc) is 3.85. The molecule has 63 heavy (non-hydrogen) atoms. The largest absolute Gasteiger partial charge is 0.497 e. The van der Waals surface area contributed by atoms with Crippen LogP contribution >= 0.6 is 7.82 Å². The van der Waals surface area contributed by atoms with Crippen molar-refractivity contribution in [1.82, 2.24) is 19.1 Å². The molecule has 1 aliphatic carbocycles. The van der Waals surface area contributed by atoms with Gasteiger partial charge in [-0.1, -0.05) is 61.5 Å². The van der Waals surface area contributed by atoms with Gasteiger partial charge in [-0.25, -0.2) is 14.2 Å². The van der Waals surface area contributed by atoms with Crippen LogP contribution in [0.4, 0.5) is 0 Å². The van der Waals surface area contributed by atoms with Crippen LogP contribution in [0.25, 0.3) is 0 Å². The molecule has 2 aromatic heterocycles. The summed E-state index contributed by atoms with van der Waals surface area (Å²) >= 11 is 0. The van der Waals surface area contributed by atoms with Crippen molar-refractivity contribution in [2.75, 3.05) is 27.4 Å². The summed E-state index contributed by atoms with van der Waals surface area (Å²) in [6.07, 6.45) is -3.52. The van der Waals surface area contributed by atoms with E-state index in [-0.39, 0.29) is 24.2 Å². The van der Waals surface area contributed by atoms with Gasteiger partial charge in [-0.2, -0.15) is 0 Å². The number of phosphoric ester groups is 1. The molecule has 1 saturated carbocycles. The summed E-state index contributed by atoms with van der Waals surface area (Å²) in [5.74, 6) is 0.0894. The Labute approximate surface area is 359 Å². The molecule has 4 fully saturated rings. The van der Waals surface area contributed by atoms with Gasteiger partial charge in [-0.15, -0.1) is 0 Å². The van der Waals surface area contributed by atoms with E-state index >= 15 is 0 Å². The number of benzene rings is 3. The molecule has 4 aliphatic rings. The molecule has 9 rings (SSSR count). The number of aliphatic hydroxyl groups is 1. The number of aromatic amines is 2. The Morgan fingerprint density at radius 2 is 1.33 bits per heavy atom. The lowest BCUT2D eigenvalue weighted by Gasteiger charge is -2.46. The number of hydrogen-bond acceptors (Lipinski definition) is 14. The third-order valence-electron chi connectivity index (χ3n) is 12.7. The van der Waals surface area contributed by atoms with Crippen LogP contribution in [0, 0.1) is 25.7 Å². The highest BCUT2D eigenvalue weighted by Gasteiger charge is 2.76. The van der Waals surface area contributed by atoms with Crippen molar-refractivity contribution < 1.29 is 46.9 Å². The van der Waals surface area contributed by atoms with Crippen molar-refractivity contribution in [3.05, 3.63) is 161 Å². The smallest absolute Gasteiger partial charge is 0.475 e. The van der Waals surface area contributed by atoms with Crippen molar-refractivity contribution in [1.29, 1.82) is 0 Å². The molecule has 0 spiro atoms. The molecule has 0 radical (unpaired) electrons. The summed E-state index contributed by atoms with van der Waals surface area (Å²) in [6, 6.07) is 24.6. The number of aromatic nitrogens is 4. The number of phosphoric acid groups is 1. The van der Waals surface area contributed by atoms with Crippen molar-refractivity contribution >= 4 is 7.82 Å². The summed E-state index contributed by atoms with van der Waals surface area (Å²) in [4.78, 5) is 55.2. The fourth-order valence-corrected chi connectivity index (χ4v) is 11.2. The zero-order valence-electron chi connectivity index (χ0n) is 35.0. The second kappa shape index (κ2) is 16.3. The first-order valence-corrected chi connectivity index (χ1v) is 21.9.